The zero-order chi connectivity index (χ0) is 14.5. The molecule has 106 valence electrons. The minimum atomic E-state index is 0.0390. The molecule has 0 aliphatic carbocycles. The van der Waals surface area contributed by atoms with Gasteiger partial charge in [-0.2, -0.15) is 0 Å². The predicted octanol–water partition coefficient (Wildman–Crippen LogP) is 2.21. The second kappa shape index (κ2) is 6.17. The Kier molecular flexibility index (Phi) is 3.91. The summed E-state index contributed by atoms with van der Waals surface area (Å²) < 4.78 is 0. The zero-order valence-corrected chi connectivity index (χ0v) is 11.5. The molecule has 0 bridgehead atoms. The Labute approximate surface area is 122 Å². The fourth-order valence-corrected chi connectivity index (χ4v) is 2.26. The van der Waals surface area contributed by atoms with E-state index in [0.29, 0.717) is 19.4 Å². The number of hydrogen-bond donors (Lipinski definition) is 2. The highest BCUT2D eigenvalue weighted by Gasteiger charge is 2.07. The van der Waals surface area contributed by atoms with E-state index in [1.54, 1.807) is 18.6 Å². The third kappa shape index (κ3) is 3.25. The van der Waals surface area contributed by atoms with Crippen molar-refractivity contribution in [1.29, 1.82) is 0 Å². The second-order valence-corrected chi connectivity index (χ2v) is 4.85. The molecule has 3 aromatic rings. The molecule has 0 aliphatic rings. The van der Waals surface area contributed by atoms with Crippen molar-refractivity contribution in [2.24, 2.45) is 0 Å². The summed E-state index contributed by atoms with van der Waals surface area (Å²) in [5, 5.41) is 3.99. The number of rotatable bonds is 5. The van der Waals surface area contributed by atoms with Crippen LogP contribution in [-0.2, 0) is 17.8 Å². The number of carbonyl (C=O) groups is 1. The fourth-order valence-electron chi connectivity index (χ4n) is 2.26. The molecule has 3 rings (SSSR count). The van der Waals surface area contributed by atoms with E-state index in [0.717, 1.165) is 22.2 Å². The maximum absolute atomic E-state index is 11.9. The van der Waals surface area contributed by atoms with Crippen molar-refractivity contribution in [3.05, 3.63) is 60.2 Å². The van der Waals surface area contributed by atoms with E-state index in [1.165, 1.54) is 0 Å². The van der Waals surface area contributed by atoms with Crippen LogP contribution in [0.1, 0.15) is 17.5 Å². The number of aryl methyl sites for hydroxylation is 1. The van der Waals surface area contributed by atoms with Crippen LogP contribution in [0.5, 0.6) is 0 Å². The largest absolute Gasteiger partial charge is 0.352 e. The molecule has 21 heavy (non-hydrogen) atoms. The number of nitrogens with one attached hydrogen (secondary N) is 2. The molecule has 5 nitrogen and oxygen atoms in total. The highest BCUT2D eigenvalue weighted by Crippen LogP contribution is 2.16. The molecule has 1 amide bonds. The Hall–Kier alpha value is -2.69. The van der Waals surface area contributed by atoms with Crippen molar-refractivity contribution < 1.29 is 4.79 Å². The minimum Gasteiger partial charge on any atom is -0.352 e. The first-order valence-electron chi connectivity index (χ1n) is 6.89. The van der Waals surface area contributed by atoms with Crippen molar-refractivity contribution >= 4 is 16.9 Å². The minimum absolute atomic E-state index is 0.0390. The average Bonchev–Trinajstić information content (AvgIpc) is 2.95. The Morgan fingerprint density at radius 2 is 2.14 bits per heavy atom. The van der Waals surface area contributed by atoms with E-state index in [1.807, 2.05) is 30.5 Å². The summed E-state index contributed by atoms with van der Waals surface area (Å²) >= 11 is 0. The lowest BCUT2D eigenvalue weighted by Gasteiger charge is -2.04. The topological polar surface area (TPSA) is 70.7 Å². The van der Waals surface area contributed by atoms with E-state index in [9.17, 15) is 4.79 Å². The van der Waals surface area contributed by atoms with Crippen LogP contribution in [0.2, 0.25) is 0 Å². The Morgan fingerprint density at radius 3 is 3.00 bits per heavy atom. The molecule has 0 aromatic carbocycles. The molecule has 0 fully saturated rings. The van der Waals surface area contributed by atoms with Gasteiger partial charge in [0.25, 0.3) is 0 Å². The first kappa shape index (κ1) is 13.3. The number of amides is 1. The van der Waals surface area contributed by atoms with Gasteiger partial charge in [-0.3, -0.25) is 9.78 Å². The van der Waals surface area contributed by atoms with Gasteiger partial charge in [0.1, 0.15) is 5.65 Å². The lowest BCUT2D eigenvalue weighted by molar-refractivity contribution is -0.121. The summed E-state index contributed by atoms with van der Waals surface area (Å²) in [6, 6.07) is 7.73. The van der Waals surface area contributed by atoms with Gasteiger partial charge in [-0.15, -0.1) is 0 Å². The zero-order valence-electron chi connectivity index (χ0n) is 11.5. The number of aromatic nitrogens is 3. The summed E-state index contributed by atoms with van der Waals surface area (Å²) in [5.41, 5.74) is 2.99. The van der Waals surface area contributed by atoms with Gasteiger partial charge in [0, 0.05) is 43.1 Å². The van der Waals surface area contributed by atoms with Gasteiger partial charge >= 0.3 is 0 Å². The fraction of sp³-hybridized carbons (Fsp3) is 0.188. The Morgan fingerprint density at radius 1 is 1.24 bits per heavy atom. The normalized spacial score (nSPS) is 10.7. The van der Waals surface area contributed by atoms with Gasteiger partial charge in [0.2, 0.25) is 5.91 Å². The van der Waals surface area contributed by atoms with Gasteiger partial charge in [-0.25, -0.2) is 4.98 Å². The van der Waals surface area contributed by atoms with Gasteiger partial charge < -0.3 is 10.3 Å². The molecule has 0 radical (unpaired) electrons. The number of carbonyl (C=O) groups excluding carboxylic acids is 1. The highest BCUT2D eigenvalue weighted by molar-refractivity contribution is 5.81. The Bertz CT molecular complexity index is 736. The maximum atomic E-state index is 11.9. The van der Waals surface area contributed by atoms with Crippen LogP contribution in [0.25, 0.3) is 11.0 Å². The quantitative estimate of drug-likeness (QED) is 0.752. The SMILES string of the molecule is O=C(CCc1c[nH]c2ncccc12)NCc1cccnc1. The molecule has 0 spiro atoms. The summed E-state index contributed by atoms with van der Waals surface area (Å²) in [6.07, 6.45) is 8.31. The monoisotopic (exact) mass is 280 g/mol. The number of aromatic amines is 1. The van der Waals surface area contributed by atoms with Crippen LogP contribution in [0.4, 0.5) is 0 Å². The molecule has 0 unspecified atom stereocenters. The lowest BCUT2D eigenvalue weighted by Crippen LogP contribution is -2.23. The first-order chi connectivity index (χ1) is 10.3. The average molecular weight is 280 g/mol. The van der Waals surface area contributed by atoms with Gasteiger partial charge in [0.05, 0.1) is 0 Å². The Balaban J connectivity index is 1.54. The molecule has 0 atom stereocenters. The van der Waals surface area contributed by atoms with E-state index >= 15 is 0 Å². The molecular weight excluding hydrogens is 264 g/mol. The van der Waals surface area contributed by atoms with Crippen LogP contribution in [0, 0.1) is 0 Å². The van der Waals surface area contributed by atoms with Crippen LogP contribution >= 0.6 is 0 Å². The van der Waals surface area contributed by atoms with Gasteiger partial charge in [0.15, 0.2) is 0 Å². The summed E-state index contributed by atoms with van der Waals surface area (Å²) in [7, 11) is 0. The lowest BCUT2D eigenvalue weighted by atomic mass is 10.1. The molecule has 3 aromatic heterocycles. The van der Waals surface area contributed by atoms with Gasteiger partial charge in [-0.1, -0.05) is 6.07 Å². The number of nitrogens with zero attached hydrogens (tertiary/aromatic N) is 2. The third-order valence-electron chi connectivity index (χ3n) is 3.37. The first-order valence-corrected chi connectivity index (χ1v) is 6.89. The summed E-state index contributed by atoms with van der Waals surface area (Å²) in [4.78, 5) is 23.3. The molecule has 0 saturated heterocycles. The molecule has 2 N–H and O–H groups in total. The van der Waals surface area contributed by atoms with E-state index in [4.69, 9.17) is 0 Å². The number of fused-ring (bicyclic) bond motifs is 1. The third-order valence-corrected chi connectivity index (χ3v) is 3.37. The van der Waals surface area contributed by atoms with Gasteiger partial charge in [-0.05, 0) is 35.7 Å². The molecule has 5 heteroatoms. The van der Waals surface area contributed by atoms with Crippen molar-refractivity contribution in [3.8, 4) is 0 Å². The number of H-pyrrole nitrogens is 1. The number of hydrogen-bond acceptors (Lipinski definition) is 3. The smallest absolute Gasteiger partial charge is 0.220 e. The molecular formula is C16H16N4O. The van der Waals surface area contributed by atoms with Crippen LogP contribution in [0.15, 0.2) is 49.1 Å². The van der Waals surface area contributed by atoms with E-state index in [-0.39, 0.29) is 5.91 Å². The van der Waals surface area contributed by atoms with Crippen LogP contribution in [0.3, 0.4) is 0 Å². The maximum Gasteiger partial charge on any atom is 0.220 e. The van der Waals surface area contributed by atoms with Crippen molar-refractivity contribution in [1.82, 2.24) is 20.3 Å². The standard InChI is InChI=1S/C16H16N4O/c21-15(19-10-12-3-1-7-17-9-12)6-5-13-11-20-16-14(13)4-2-8-18-16/h1-4,7-9,11H,5-6,10H2,(H,18,20)(H,19,21). The van der Waals surface area contributed by atoms with Crippen molar-refractivity contribution in [3.63, 3.8) is 0 Å². The van der Waals surface area contributed by atoms with Crippen molar-refractivity contribution in [2.45, 2.75) is 19.4 Å². The molecule has 0 aliphatic heterocycles. The molecule has 0 saturated carbocycles. The number of pyridine rings is 2. The summed E-state index contributed by atoms with van der Waals surface area (Å²) in [5.74, 6) is 0.0390. The van der Waals surface area contributed by atoms with Crippen LogP contribution in [-0.4, -0.2) is 20.9 Å². The van der Waals surface area contributed by atoms with Crippen LogP contribution < -0.4 is 5.32 Å². The van der Waals surface area contributed by atoms with E-state index < -0.39 is 0 Å². The highest BCUT2D eigenvalue weighted by atomic mass is 16.1. The summed E-state index contributed by atoms with van der Waals surface area (Å²) in [6.45, 7) is 0.516. The van der Waals surface area contributed by atoms with Crippen molar-refractivity contribution in [2.75, 3.05) is 0 Å². The molecule has 3 heterocycles. The predicted molar refractivity (Wildman–Crippen MR) is 80.5 cm³/mol. The van der Waals surface area contributed by atoms with E-state index in [2.05, 4.69) is 20.3 Å². The second-order valence-electron chi connectivity index (χ2n) is 4.85.